The van der Waals surface area contributed by atoms with E-state index in [1.807, 2.05) is 0 Å². The van der Waals surface area contributed by atoms with Crippen LogP contribution in [0.25, 0.3) is 0 Å². The van der Waals surface area contributed by atoms with Crippen LogP contribution in [0.3, 0.4) is 0 Å². The number of nitrogens with zero attached hydrogens (tertiary/aromatic N) is 2. The maximum Gasteiger partial charge on any atom is 0.371 e. The van der Waals surface area contributed by atoms with Crippen LogP contribution in [0, 0.1) is 6.92 Å². The van der Waals surface area contributed by atoms with Crippen LogP contribution >= 0.6 is 27.5 Å². The lowest BCUT2D eigenvalue weighted by Crippen LogP contribution is -2.15. The Kier molecular flexibility index (Phi) is 4.21. The van der Waals surface area contributed by atoms with E-state index in [-0.39, 0.29) is 20.7 Å². The van der Waals surface area contributed by atoms with Gasteiger partial charge in [0.2, 0.25) is 11.7 Å². The maximum atomic E-state index is 12.2. The summed E-state index contributed by atoms with van der Waals surface area (Å²) in [5, 5.41) is 8.85. The Balaban J connectivity index is 2.40. The van der Waals surface area contributed by atoms with Crippen molar-refractivity contribution >= 4 is 49.5 Å². The minimum absolute atomic E-state index is 0.0673. The van der Waals surface area contributed by atoms with Gasteiger partial charge in [0.1, 0.15) is 10.0 Å². The van der Waals surface area contributed by atoms with Crippen LogP contribution in [-0.2, 0) is 10.0 Å². The normalized spacial score (nSPS) is 11.4. The summed E-state index contributed by atoms with van der Waals surface area (Å²) in [4.78, 5) is 18.0. The van der Waals surface area contributed by atoms with E-state index in [1.165, 1.54) is 6.07 Å². The Morgan fingerprint density at radius 1 is 1.43 bits per heavy atom. The third kappa shape index (κ3) is 3.52. The summed E-state index contributed by atoms with van der Waals surface area (Å²) in [7, 11) is -4.13. The highest BCUT2D eigenvalue weighted by Crippen LogP contribution is 2.27. The van der Waals surface area contributed by atoms with Crippen molar-refractivity contribution in [3.05, 3.63) is 33.4 Å². The van der Waals surface area contributed by atoms with Gasteiger partial charge in [0.15, 0.2) is 4.67 Å². The molecule has 0 spiro atoms. The summed E-state index contributed by atoms with van der Waals surface area (Å²) in [6, 6.07) is 2.32. The van der Waals surface area contributed by atoms with Gasteiger partial charge in [0, 0.05) is 11.8 Å². The summed E-state index contributed by atoms with van der Waals surface area (Å²) < 4.78 is 31.0. The highest BCUT2D eigenvalue weighted by atomic mass is 79.9. The molecule has 2 heterocycles. The Morgan fingerprint density at radius 2 is 2.10 bits per heavy atom. The van der Waals surface area contributed by atoms with Crippen LogP contribution in [0.2, 0.25) is 5.15 Å². The highest BCUT2D eigenvalue weighted by Gasteiger charge is 2.25. The van der Waals surface area contributed by atoms with Gasteiger partial charge < -0.3 is 9.52 Å². The first-order valence-electron chi connectivity index (χ1n) is 5.25. The Labute approximate surface area is 132 Å². The van der Waals surface area contributed by atoms with Crippen molar-refractivity contribution in [2.24, 2.45) is 0 Å². The second-order valence-corrected chi connectivity index (χ2v) is 6.57. The van der Waals surface area contributed by atoms with Gasteiger partial charge in [-0.1, -0.05) is 11.6 Å². The van der Waals surface area contributed by atoms with E-state index in [0.717, 1.165) is 6.07 Å². The molecular formula is C10H7BrClN3O5S. The number of rotatable bonds is 4. The fourth-order valence-corrected chi connectivity index (χ4v) is 3.51. The number of aryl methyl sites for hydroxylation is 1. The molecule has 0 fully saturated rings. The lowest BCUT2D eigenvalue weighted by molar-refractivity contribution is 0.0661. The van der Waals surface area contributed by atoms with Gasteiger partial charge in [-0.2, -0.15) is 0 Å². The minimum atomic E-state index is -4.13. The van der Waals surface area contributed by atoms with Crippen molar-refractivity contribution in [1.82, 2.24) is 9.97 Å². The van der Waals surface area contributed by atoms with Gasteiger partial charge in [-0.15, -0.1) is 0 Å². The first-order valence-corrected chi connectivity index (χ1v) is 7.91. The van der Waals surface area contributed by atoms with Crippen molar-refractivity contribution in [3.63, 3.8) is 0 Å². The number of carboxylic acids is 1. The molecule has 0 aliphatic carbocycles. The zero-order chi connectivity index (χ0) is 15.8. The molecule has 2 N–H and O–H groups in total. The van der Waals surface area contributed by atoms with Gasteiger partial charge in [-0.05, 0) is 28.9 Å². The molecular weight excluding hydrogens is 390 g/mol. The number of aromatic carboxylic acids is 1. The van der Waals surface area contributed by atoms with Gasteiger partial charge in [-0.3, -0.25) is 0 Å². The lowest BCUT2D eigenvalue weighted by atomic mass is 10.5. The molecule has 21 heavy (non-hydrogen) atoms. The van der Waals surface area contributed by atoms with Crippen molar-refractivity contribution in [2.45, 2.75) is 11.8 Å². The van der Waals surface area contributed by atoms with Crippen molar-refractivity contribution < 1.29 is 22.7 Å². The fourth-order valence-electron chi connectivity index (χ4n) is 1.39. The SMILES string of the molecule is Cc1cc(Cl)nc(NS(=O)(=O)c2cc(C(=O)O)oc2Br)n1. The second kappa shape index (κ2) is 5.62. The first-order chi connectivity index (χ1) is 9.69. The topological polar surface area (TPSA) is 122 Å². The van der Waals surface area contributed by atoms with Crippen LogP contribution in [0.15, 0.2) is 26.1 Å². The molecule has 0 atom stereocenters. The molecule has 0 radical (unpaired) electrons. The molecule has 0 saturated heterocycles. The molecule has 112 valence electrons. The zero-order valence-corrected chi connectivity index (χ0v) is 13.5. The molecule has 0 aromatic carbocycles. The third-order valence-electron chi connectivity index (χ3n) is 2.20. The minimum Gasteiger partial charge on any atom is -0.475 e. The second-order valence-electron chi connectivity index (χ2n) is 3.81. The van der Waals surface area contributed by atoms with Crippen molar-refractivity contribution in [2.75, 3.05) is 4.72 Å². The number of hydrogen-bond acceptors (Lipinski definition) is 6. The van der Waals surface area contributed by atoms with Crippen LogP contribution < -0.4 is 4.72 Å². The largest absolute Gasteiger partial charge is 0.475 e. The number of nitrogens with one attached hydrogen (secondary N) is 1. The standard InChI is InChI=1S/C10H7BrClN3O5S/c1-4-2-7(12)14-10(13-4)15-21(18,19)6-3-5(9(16)17)20-8(6)11/h2-3H,1H3,(H,16,17)(H,13,14,15). The van der Waals surface area contributed by atoms with E-state index in [4.69, 9.17) is 21.1 Å². The molecule has 0 aliphatic rings. The highest BCUT2D eigenvalue weighted by molar-refractivity contribution is 9.10. The van der Waals surface area contributed by atoms with Crippen LogP contribution in [0.1, 0.15) is 16.2 Å². The van der Waals surface area contributed by atoms with Crippen molar-refractivity contribution in [1.29, 1.82) is 0 Å². The Bertz CT molecular complexity index is 800. The van der Waals surface area contributed by atoms with E-state index in [1.54, 1.807) is 6.92 Å². The summed E-state index contributed by atoms with van der Waals surface area (Å²) in [6.07, 6.45) is 0. The fraction of sp³-hybridized carbons (Fsp3) is 0.100. The van der Waals surface area contributed by atoms with Gasteiger partial charge in [-0.25, -0.2) is 27.9 Å². The van der Waals surface area contributed by atoms with Crippen LogP contribution in [-0.4, -0.2) is 29.5 Å². The van der Waals surface area contributed by atoms with E-state index < -0.39 is 21.8 Å². The number of sulfonamides is 1. The third-order valence-corrected chi connectivity index (χ3v) is 4.58. The lowest BCUT2D eigenvalue weighted by Gasteiger charge is -2.05. The van der Waals surface area contributed by atoms with Gasteiger partial charge in [0.25, 0.3) is 10.0 Å². The predicted molar refractivity (Wildman–Crippen MR) is 76.0 cm³/mol. The first kappa shape index (κ1) is 15.7. The molecule has 0 aliphatic heterocycles. The molecule has 2 rings (SSSR count). The molecule has 0 saturated carbocycles. The summed E-state index contributed by atoms with van der Waals surface area (Å²) in [6.45, 7) is 1.61. The number of carboxylic acid groups (broad SMARTS) is 1. The zero-order valence-electron chi connectivity index (χ0n) is 10.3. The van der Waals surface area contributed by atoms with E-state index >= 15 is 0 Å². The van der Waals surface area contributed by atoms with E-state index in [2.05, 4.69) is 30.6 Å². The molecule has 0 amide bonds. The van der Waals surface area contributed by atoms with Crippen molar-refractivity contribution in [3.8, 4) is 0 Å². The van der Waals surface area contributed by atoms with E-state index in [9.17, 15) is 13.2 Å². The average Bonchev–Trinajstić information content (AvgIpc) is 2.70. The number of hydrogen-bond donors (Lipinski definition) is 2. The molecule has 2 aromatic heterocycles. The summed E-state index contributed by atoms with van der Waals surface area (Å²) in [5.41, 5.74) is 0.463. The number of furan rings is 1. The number of carbonyl (C=O) groups is 1. The Hall–Kier alpha value is -1.65. The quantitative estimate of drug-likeness (QED) is 0.760. The number of halogens is 2. The summed E-state index contributed by atoms with van der Waals surface area (Å²) >= 11 is 8.56. The van der Waals surface area contributed by atoms with Gasteiger partial charge >= 0.3 is 5.97 Å². The summed E-state index contributed by atoms with van der Waals surface area (Å²) in [5.74, 6) is -2.15. The predicted octanol–water partition coefficient (Wildman–Crippen LogP) is 2.29. The molecule has 11 heteroatoms. The van der Waals surface area contributed by atoms with Crippen LogP contribution in [0.5, 0.6) is 0 Å². The van der Waals surface area contributed by atoms with Gasteiger partial charge in [0.05, 0.1) is 0 Å². The number of anilines is 1. The Morgan fingerprint density at radius 3 is 2.62 bits per heavy atom. The molecule has 0 bridgehead atoms. The van der Waals surface area contributed by atoms with E-state index in [0.29, 0.717) is 5.69 Å². The average molecular weight is 397 g/mol. The molecule has 0 unspecified atom stereocenters. The maximum absolute atomic E-state index is 12.2. The number of aromatic nitrogens is 2. The molecule has 8 nitrogen and oxygen atoms in total. The molecule has 2 aromatic rings. The monoisotopic (exact) mass is 395 g/mol. The van der Waals surface area contributed by atoms with Crippen LogP contribution in [0.4, 0.5) is 5.95 Å². The smallest absolute Gasteiger partial charge is 0.371 e.